The lowest BCUT2D eigenvalue weighted by molar-refractivity contribution is 0.432. The third-order valence-corrected chi connectivity index (χ3v) is 2.00. The maximum atomic E-state index is 5.18. The van der Waals surface area contributed by atoms with Gasteiger partial charge in [-0.05, 0) is 17.9 Å². The molecule has 0 spiro atoms. The van der Waals surface area contributed by atoms with E-state index in [0.29, 0.717) is 12.0 Å². The summed E-state index contributed by atoms with van der Waals surface area (Å²) < 4.78 is 5.18. The fourth-order valence-corrected chi connectivity index (χ4v) is 1.33. The minimum absolute atomic E-state index is 0.444. The van der Waals surface area contributed by atoms with E-state index in [1.807, 2.05) is 0 Å². The molecule has 1 aliphatic carbocycles. The van der Waals surface area contributed by atoms with Crippen LogP contribution in [0, 0.1) is 5.92 Å². The first-order valence-corrected chi connectivity index (χ1v) is 3.86. The Bertz CT molecular complexity index is 187. The molecule has 0 aromatic heterocycles. The van der Waals surface area contributed by atoms with Crippen LogP contribution >= 0.6 is 0 Å². The summed E-state index contributed by atoms with van der Waals surface area (Å²) in [5, 5.41) is 0. The summed E-state index contributed by atoms with van der Waals surface area (Å²) in [6.45, 7) is 3.18. The van der Waals surface area contributed by atoms with Crippen LogP contribution < -0.4 is 0 Å². The molecule has 2 unspecified atom stereocenters. The molecule has 0 radical (unpaired) electrons. The van der Waals surface area contributed by atoms with Crippen molar-refractivity contribution < 1.29 is 4.74 Å². The maximum absolute atomic E-state index is 5.18. The van der Waals surface area contributed by atoms with Crippen LogP contribution in [0.25, 0.3) is 0 Å². The Morgan fingerprint density at radius 2 is 2.40 bits per heavy atom. The molecule has 10 heavy (non-hydrogen) atoms. The Morgan fingerprint density at radius 3 is 3.00 bits per heavy atom. The normalized spacial score (nSPS) is 37.5. The highest BCUT2D eigenvalue weighted by atomic mass is 16.6. The van der Waals surface area contributed by atoms with E-state index in [1.165, 1.54) is 12.0 Å². The molecule has 0 amide bonds. The average Bonchev–Trinajstić information content (AvgIpc) is 2.68. The van der Waals surface area contributed by atoms with Crippen LogP contribution in [0.5, 0.6) is 0 Å². The maximum Gasteiger partial charge on any atom is 0.106 e. The predicted octanol–water partition coefficient (Wildman–Crippen LogP) is 1.91. The van der Waals surface area contributed by atoms with Gasteiger partial charge in [-0.1, -0.05) is 25.2 Å². The first-order chi connectivity index (χ1) is 4.86. The zero-order chi connectivity index (χ0) is 6.97. The molecule has 1 aliphatic heterocycles. The van der Waals surface area contributed by atoms with Gasteiger partial charge in [-0.2, -0.15) is 0 Å². The van der Waals surface area contributed by atoms with Crippen LogP contribution in [-0.2, 0) is 4.74 Å². The van der Waals surface area contributed by atoms with Crippen molar-refractivity contribution in [3.8, 4) is 0 Å². The smallest absolute Gasteiger partial charge is 0.106 e. The van der Waals surface area contributed by atoms with Crippen molar-refractivity contribution in [3.63, 3.8) is 0 Å². The van der Waals surface area contributed by atoms with Crippen LogP contribution in [0.2, 0.25) is 0 Å². The number of rotatable bonds is 1. The fraction of sp³-hybridized carbons (Fsp3) is 0.556. The van der Waals surface area contributed by atoms with Crippen molar-refractivity contribution in [2.75, 3.05) is 6.61 Å². The van der Waals surface area contributed by atoms with Crippen molar-refractivity contribution in [2.24, 2.45) is 5.92 Å². The van der Waals surface area contributed by atoms with Gasteiger partial charge in [0.25, 0.3) is 0 Å². The summed E-state index contributed by atoms with van der Waals surface area (Å²) in [4.78, 5) is 0. The Hall–Kier alpha value is -0.560. The Morgan fingerprint density at radius 1 is 1.60 bits per heavy atom. The zero-order valence-electron chi connectivity index (χ0n) is 6.21. The standard InChI is InChI=1S/C9H12O/c1-7-3-2-4-8(5-7)9-6-10-9/h2,4-5,7,9H,3,6H2,1H3. The highest BCUT2D eigenvalue weighted by molar-refractivity contribution is 5.29. The van der Waals surface area contributed by atoms with Crippen LogP contribution in [0.3, 0.4) is 0 Å². The molecule has 1 saturated heterocycles. The highest BCUT2D eigenvalue weighted by Gasteiger charge is 2.26. The van der Waals surface area contributed by atoms with Crippen LogP contribution in [0.15, 0.2) is 23.8 Å². The molecule has 54 valence electrons. The summed E-state index contributed by atoms with van der Waals surface area (Å²) in [7, 11) is 0. The van der Waals surface area contributed by atoms with Crippen LogP contribution in [0.1, 0.15) is 13.3 Å². The van der Waals surface area contributed by atoms with E-state index in [2.05, 4.69) is 25.2 Å². The van der Waals surface area contributed by atoms with Gasteiger partial charge in [0.2, 0.25) is 0 Å². The van der Waals surface area contributed by atoms with E-state index in [1.54, 1.807) is 0 Å². The van der Waals surface area contributed by atoms with Gasteiger partial charge < -0.3 is 4.74 Å². The fourth-order valence-electron chi connectivity index (χ4n) is 1.33. The average molecular weight is 136 g/mol. The molecule has 1 nitrogen and oxygen atoms in total. The minimum Gasteiger partial charge on any atom is -0.368 e. The summed E-state index contributed by atoms with van der Waals surface area (Å²) in [5.74, 6) is 0.712. The third-order valence-electron chi connectivity index (χ3n) is 2.00. The first kappa shape index (κ1) is 6.17. The van der Waals surface area contributed by atoms with Gasteiger partial charge in [-0.15, -0.1) is 0 Å². The van der Waals surface area contributed by atoms with E-state index in [-0.39, 0.29) is 0 Å². The molecule has 2 aliphatic rings. The molecule has 1 fully saturated rings. The van der Waals surface area contributed by atoms with E-state index < -0.39 is 0 Å². The van der Waals surface area contributed by atoms with Gasteiger partial charge >= 0.3 is 0 Å². The second kappa shape index (κ2) is 2.24. The number of hydrogen-bond acceptors (Lipinski definition) is 1. The molecule has 2 rings (SSSR count). The first-order valence-electron chi connectivity index (χ1n) is 3.86. The quantitative estimate of drug-likeness (QED) is 0.501. The zero-order valence-corrected chi connectivity index (χ0v) is 6.21. The highest BCUT2D eigenvalue weighted by Crippen LogP contribution is 2.26. The van der Waals surface area contributed by atoms with Crippen molar-refractivity contribution in [1.29, 1.82) is 0 Å². The molecule has 1 heteroatoms. The summed E-state index contributed by atoms with van der Waals surface area (Å²) in [5.41, 5.74) is 1.39. The van der Waals surface area contributed by atoms with Crippen molar-refractivity contribution in [3.05, 3.63) is 23.8 Å². The lowest BCUT2D eigenvalue weighted by atomic mass is 9.97. The molecular weight excluding hydrogens is 124 g/mol. The van der Waals surface area contributed by atoms with E-state index >= 15 is 0 Å². The Kier molecular flexibility index (Phi) is 1.38. The SMILES string of the molecule is CC1C=C(C2CO2)C=CC1. The summed E-state index contributed by atoms with van der Waals surface area (Å²) in [6.07, 6.45) is 8.38. The number of epoxide rings is 1. The molecule has 1 heterocycles. The van der Waals surface area contributed by atoms with E-state index in [9.17, 15) is 0 Å². The topological polar surface area (TPSA) is 12.5 Å². The Labute approximate surface area is 61.4 Å². The van der Waals surface area contributed by atoms with E-state index in [4.69, 9.17) is 4.74 Å². The number of ether oxygens (including phenoxy) is 1. The van der Waals surface area contributed by atoms with Gasteiger partial charge in [0, 0.05) is 0 Å². The van der Waals surface area contributed by atoms with Crippen molar-refractivity contribution in [1.82, 2.24) is 0 Å². The number of hydrogen-bond donors (Lipinski definition) is 0. The molecule has 0 saturated carbocycles. The van der Waals surface area contributed by atoms with Crippen LogP contribution in [0.4, 0.5) is 0 Å². The molecular formula is C9H12O. The Balaban J connectivity index is 2.10. The largest absolute Gasteiger partial charge is 0.368 e. The lowest BCUT2D eigenvalue weighted by Crippen LogP contribution is -1.99. The second-order valence-corrected chi connectivity index (χ2v) is 3.10. The molecule has 2 atom stereocenters. The molecule has 0 aromatic rings. The summed E-state index contributed by atoms with van der Waals surface area (Å²) >= 11 is 0. The van der Waals surface area contributed by atoms with Crippen molar-refractivity contribution >= 4 is 0 Å². The van der Waals surface area contributed by atoms with Gasteiger partial charge in [0.15, 0.2) is 0 Å². The second-order valence-electron chi connectivity index (χ2n) is 3.10. The predicted molar refractivity (Wildman–Crippen MR) is 40.7 cm³/mol. The lowest BCUT2D eigenvalue weighted by Gasteiger charge is -2.09. The molecule has 0 bridgehead atoms. The summed E-state index contributed by atoms with van der Waals surface area (Å²) in [6, 6.07) is 0. The van der Waals surface area contributed by atoms with Crippen LogP contribution in [-0.4, -0.2) is 12.7 Å². The monoisotopic (exact) mass is 136 g/mol. The third kappa shape index (κ3) is 1.14. The van der Waals surface area contributed by atoms with Gasteiger partial charge in [-0.3, -0.25) is 0 Å². The van der Waals surface area contributed by atoms with E-state index in [0.717, 1.165) is 6.61 Å². The van der Waals surface area contributed by atoms with Gasteiger partial charge in [0.05, 0.1) is 6.61 Å². The molecule has 0 aromatic carbocycles. The number of allylic oxidation sites excluding steroid dienone is 2. The van der Waals surface area contributed by atoms with Gasteiger partial charge in [-0.25, -0.2) is 0 Å². The van der Waals surface area contributed by atoms with Crippen molar-refractivity contribution in [2.45, 2.75) is 19.4 Å². The molecule has 0 N–H and O–H groups in total. The minimum atomic E-state index is 0.444. The van der Waals surface area contributed by atoms with Gasteiger partial charge in [0.1, 0.15) is 6.10 Å².